The molecule has 7 nitrogen and oxygen atoms in total. The quantitative estimate of drug-likeness (QED) is 0.664. The van der Waals surface area contributed by atoms with Gasteiger partial charge in [0.1, 0.15) is 0 Å². The first-order valence-corrected chi connectivity index (χ1v) is 11.6. The maximum absolute atomic E-state index is 6.35. The average Bonchev–Trinajstić information content (AvgIpc) is 3.14. The second kappa shape index (κ2) is 9.85. The third kappa shape index (κ3) is 5.18. The molecule has 0 aromatic carbocycles. The minimum Gasteiger partial charge on any atom is -0.385 e. The summed E-state index contributed by atoms with van der Waals surface area (Å²) in [5.41, 5.74) is 7.29. The number of fused-ring (bicyclic) bond motifs is 1. The topological polar surface area (TPSA) is 76.7 Å². The fourth-order valence-corrected chi connectivity index (χ4v) is 5.58. The van der Waals surface area contributed by atoms with E-state index in [-0.39, 0.29) is 6.04 Å². The summed E-state index contributed by atoms with van der Waals surface area (Å²) in [4.78, 5) is 15.1. The summed E-state index contributed by atoms with van der Waals surface area (Å²) in [5.74, 6) is 1.55. The summed E-state index contributed by atoms with van der Waals surface area (Å²) in [6, 6.07) is 2.42. The number of rotatable bonds is 7. The van der Waals surface area contributed by atoms with Crippen molar-refractivity contribution in [3.05, 3.63) is 16.2 Å². The van der Waals surface area contributed by atoms with Crippen molar-refractivity contribution in [3.63, 3.8) is 0 Å². The monoisotopic (exact) mass is 439 g/mol. The highest BCUT2D eigenvalue weighted by Crippen LogP contribution is 2.34. The number of morpholine rings is 1. The second-order valence-corrected chi connectivity index (χ2v) is 9.38. The van der Waals surface area contributed by atoms with Crippen LogP contribution in [0.5, 0.6) is 0 Å². The Bertz CT molecular complexity index is 806. The van der Waals surface area contributed by atoms with Gasteiger partial charge in [-0.25, -0.2) is 4.98 Å². The van der Waals surface area contributed by atoms with Crippen molar-refractivity contribution in [2.24, 2.45) is 11.7 Å². The molecule has 9 heteroatoms. The van der Waals surface area contributed by atoms with Crippen LogP contribution < -0.4 is 10.6 Å². The van der Waals surface area contributed by atoms with Crippen LogP contribution >= 0.6 is 22.9 Å². The van der Waals surface area contributed by atoms with E-state index in [4.69, 9.17) is 26.8 Å². The molecule has 0 bridgehead atoms. The molecule has 0 radical (unpaired) electrons. The first-order valence-electron chi connectivity index (χ1n) is 10.4. The van der Waals surface area contributed by atoms with E-state index in [1.54, 1.807) is 18.4 Å². The van der Waals surface area contributed by atoms with Gasteiger partial charge in [0.15, 0.2) is 5.82 Å². The molecule has 2 aliphatic heterocycles. The van der Waals surface area contributed by atoms with Crippen molar-refractivity contribution in [2.75, 3.05) is 58.0 Å². The van der Waals surface area contributed by atoms with Gasteiger partial charge in [-0.1, -0.05) is 0 Å². The first kappa shape index (κ1) is 21.2. The third-order valence-electron chi connectivity index (χ3n) is 5.96. The SMILES string of the molecule is COCCC(N)C1CCN(Cc2cc3nc(Cl)nc(N4CCOCC4)c3s2)CC1. The number of methoxy groups -OCH3 is 1. The van der Waals surface area contributed by atoms with Crippen LogP contribution in [0, 0.1) is 5.92 Å². The van der Waals surface area contributed by atoms with Gasteiger partial charge >= 0.3 is 0 Å². The second-order valence-electron chi connectivity index (χ2n) is 7.90. The molecule has 0 aliphatic carbocycles. The molecule has 2 aromatic rings. The highest BCUT2D eigenvalue weighted by molar-refractivity contribution is 7.19. The summed E-state index contributed by atoms with van der Waals surface area (Å²) in [6.45, 7) is 6.99. The molecule has 2 aliphatic rings. The first-order chi connectivity index (χ1) is 14.1. The Hall–Kier alpha value is -1.03. The maximum Gasteiger partial charge on any atom is 0.224 e. The lowest BCUT2D eigenvalue weighted by Crippen LogP contribution is -2.41. The third-order valence-corrected chi connectivity index (χ3v) is 7.23. The molecule has 0 saturated carbocycles. The van der Waals surface area contributed by atoms with Gasteiger partial charge in [-0.3, -0.25) is 4.90 Å². The smallest absolute Gasteiger partial charge is 0.224 e. The van der Waals surface area contributed by atoms with Crippen molar-refractivity contribution in [1.82, 2.24) is 14.9 Å². The molecule has 2 fully saturated rings. The van der Waals surface area contributed by atoms with Crippen LogP contribution in [-0.2, 0) is 16.0 Å². The molecule has 29 heavy (non-hydrogen) atoms. The van der Waals surface area contributed by atoms with E-state index in [0.717, 1.165) is 87.8 Å². The van der Waals surface area contributed by atoms with Crippen LogP contribution in [0.2, 0.25) is 5.28 Å². The minimum atomic E-state index is 0.245. The molecule has 0 spiro atoms. The molecule has 1 atom stereocenters. The molecule has 2 saturated heterocycles. The van der Waals surface area contributed by atoms with Crippen LogP contribution in [0.1, 0.15) is 24.1 Å². The molecular formula is C20H30ClN5O2S. The van der Waals surface area contributed by atoms with Crippen molar-refractivity contribution >= 4 is 39.0 Å². The van der Waals surface area contributed by atoms with Gasteiger partial charge in [0.25, 0.3) is 0 Å². The van der Waals surface area contributed by atoms with Crippen LogP contribution in [-0.4, -0.2) is 74.0 Å². The van der Waals surface area contributed by atoms with Gasteiger partial charge in [0.05, 0.1) is 23.4 Å². The van der Waals surface area contributed by atoms with Gasteiger partial charge < -0.3 is 20.1 Å². The lowest BCUT2D eigenvalue weighted by atomic mass is 9.88. The number of thiophene rings is 1. The molecular weight excluding hydrogens is 410 g/mol. The van der Waals surface area contributed by atoms with E-state index in [0.29, 0.717) is 11.2 Å². The van der Waals surface area contributed by atoms with Crippen LogP contribution in [0.3, 0.4) is 0 Å². The largest absolute Gasteiger partial charge is 0.385 e. The van der Waals surface area contributed by atoms with Crippen molar-refractivity contribution < 1.29 is 9.47 Å². The number of ether oxygens (including phenoxy) is 2. The lowest BCUT2D eigenvalue weighted by molar-refractivity contribution is 0.122. The summed E-state index contributed by atoms with van der Waals surface area (Å²) < 4.78 is 11.8. The number of anilines is 1. The van der Waals surface area contributed by atoms with Gasteiger partial charge in [-0.2, -0.15) is 4.98 Å². The normalized spacial score (nSPS) is 20.4. The fourth-order valence-electron chi connectivity index (χ4n) is 4.25. The van der Waals surface area contributed by atoms with Crippen molar-refractivity contribution in [1.29, 1.82) is 0 Å². The maximum atomic E-state index is 6.35. The lowest BCUT2D eigenvalue weighted by Gasteiger charge is -2.34. The summed E-state index contributed by atoms with van der Waals surface area (Å²) in [7, 11) is 1.74. The highest BCUT2D eigenvalue weighted by atomic mass is 35.5. The van der Waals surface area contributed by atoms with Gasteiger partial charge in [-0.15, -0.1) is 11.3 Å². The Morgan fingerprint density at radius 3 is 2.76 bits per heavy atom. The van der Waals surface area contributed by atoms with Crippen molar-refractivity contribution in [3.8, 4) is 0 Å². The standard InChI is InChI=1S/C20H30ClN5O2S/c1-27-9-4-16(22)14-2-5-25(6-3-14)13-15-12-17-18(29-15)19(24-20(21)23-17)26-7-10-28-11-8-26/h12,14,16H,2-11,13,22H2,1H3. The summed E-state index contributed by atoms with van der Waals surface area (Å²) in [5, 5.41) is 0.314. The average molecular weight is 440 g/mol. The molecule has 2 N–H and O–H groups in total. The molecule has 1 unspecified atom stereocenters. The molecule has 4 heterocycles. The minimum absolute atomic E-state index is 0.245. The zero-order chi connectivity index (χ0) is 20.2. The zero-order valence-corrected chi connectivity index (χ0v) is 18.6. The summed E-state index contributed by atoms with van der Waals surface area (Å²) in [6.07, 6.45) is 3.25. The number of aromatic nitrogens is 2. The molecule has 0 amide bonds. The van der Waals surface area contributed by atoms with Gasteiger partial charge in [0, 0.05) is 44.3 Å². The summed E-state index contributed by atoms with van der Waals surface area (Å²) >= 11 is 8.01. The van der Waals surface area contributed by atoms with E-state index < -0.39 is 0 Å². The Morgan fingerprint density at radius 1 is 1.28 bits per heavy atom. The number of nitrogens with zero attached hydrogens (tertiary/aromatic N) is 4. The predicted octanol–water partition coefficient (Wildman–Crippen LogP) is 2.76. The van der Waals surface area contributed by atoms with E-state index >= 15 is 0 Å². The Morgan fingerprint density at radius 2 is 2.03 bits per heavy atom. The molecule has 2 aromatic heterocycles. The fraction of sp³-hybridized carbons (Fsp3) is 0.700. The number of likely N-dealkylation sites (tertiary alicyclic amines) is 1. The zero-order valence-electron chi connectivity index (χ0n) is 17.0. The van der Waals surface area contributed by atoms with Crippen molar-refractivity contribution in [2.45, 2.75) is 31.8 Å². The highest BCUT2D eigenvalue weighted by Gasteiger charge is 2.25. The Balaban J connectivity index is 1.41. The van der Waals surface area contributed by atoms with E-state index in [9.17, 15) is 0 Å². The number of hydrogen-bond acceptors (Lipinski definition) is 8. The molecule has 4 rings (SSSR count). The van der Waals surface area contributed by atoms with Gasteiger partial charge in [0.2, 0.25) is 5.28 Å². The van der Waals surface area contributed by atoms with Crippen LogP contribution in [0.15, 0.2) is 6.07 Å². The number of hydrogen-bond donors (Lipinski definition) is 1. The van der Waals surface area contributed by atoms with E-state index in [1.807, 2.05) is 0 Å². The Labute approximate surface area is 181 Å². The number of halogens is 1. The van der Waals surface area contributed by atoms with Crippen LogP contribution in [0.25, 0.3) is 10.2 Å². The van der Waals surface area contributed by atoms with Gasteiger partial charge in [-0.05, 0) is 55.9 Å². The molecule has 160 valence electrons. The van der Waals surface area contributed by atoms with E-state index in [1.165, 1.54) is 4.88 Å². The number of piperidine rings is 1. The van der Waals surface area contributed by atoms with Crippen LogP contribution in [0.4, 0.5) is 5.82 Å². The predicted molar refractivity (Wildman–Crippen MR) is 118 cm³/mol. The Kier molecular flexibility index (Phi) is 7.21. The number of nitrogens with two attached hydrogens (primary N) is 1. The van der Waals surface area contributed by atoms with E-state index in [2.05, 4.69) is 25.8 Å².